The minimum atomic E-state index is -0.537. The molecule has 1 aliphatic rings. The van der Waals surface area contributed by atoms with Crippen LogP contribution in [-0.2, 0) is 4.74 Å². The van der Waals surface area contributed by atoms with Gasteiger partial charge in [-0.25, -0.2) is 14.4 Å². The predicted octanol–water partition coefficient (Wildman–Crippen LogP) is 4.18. The van der Waals surface area contributed by atoms with E-state index in [-0.39, 0.29) is 40.9 Å². The Morgan fingerprint density at radius 3 is 2.77 bits per heavy atom. The molecule has 1 amide bonds. The van der Waals surface area contributed by atoms with Gasteiger partial charge in [-0.3, -0.25) is 9.78 Å². The number of carbonyl (C=O) groups excluding carboxylic acids is 1. The van der Waals surface area contributed by atoms with E-state index in [0.29, 0.717) is 11.6 Å². The maximum Gasteiger partial charge on any atom is 0.274 e. The summed E-state index contributed by atoms with van der Waals surface area (Å²) >= 11 is 0. The van der Waals surface area contributed by atoms with Crippen LogP contribution in [0.25, 0.3) is 11.4 Å². The van der Waals surface area contributed by atoms with Gasteiger partial charge in [-0.1, -0.05) is 19.4 Å². The molecule has 8 nitrogen and oxygen atoms in total. The number of rotatable bonds is 7. The van der Waals surface area contributed by atoms with Crippen LogP contribution in [-0.4, -0.2) is 47.2 Å². The summed E-state index contributed by atoms with van der Waals surface area (Å²) in [6.07, 6.45) is 7.39. The van der Waals surface area contributed by atoms with Gasteiger partial charge in [0.25, 0.3) is 5.91 Å². The highest BCUT2D eigenvalue weighted by Gasteiger charge is 2.36. The van der Waals surface area contributed by atoms with E-state index >= 15 is 0 Å². The van der Waals surface area contributed by atoms with E-state index in [4.69, 9.17) is 15.2 Å². The van der Waals surface area contributed by atoms with Gasteiger partial charge in [-0.15, -0.1) is 0 Å². The predicted molar refractivity (Wildman–Crippen MR) is 131 cm³/mol. The standard InChI is InChI=1S/C26H30FN5O3/c1-4-15-12-16(13-19(28)24(15)35-3)17-8-10-29-14-21(17)32-26(33)20-9-11-30-25(31-20)23-18(27)6-5-7-22(23)34-2/h5-11,14-16,19,24H,4,12-13,28H2,1-3H3,(H,32,33). The molecule has 1 aliphatic carbocycles. The van der Waals surface area contributed by atoms with Crippen LogP contribution in [0.5, 0.6) is 5.75 Å². The number of benzene rings is 1. The summed E-state index contributed by atoms with van der Waals surface area (Å²) in [7, 11) is 3.15. The van der Waals surface area contributed by atoms with Gasteiger partial charge in [0.1, 0.15) is 17.3 Å². The van der Waals surface area contributed by atoms with Crippen molar-refractivity contribution in [3.8, 4) is 17.1 Å². The molecule has 0 radical (unpaired) electrons. The molecule has 0 bridgehead atoms. The monoisotopic (exact) mass is 479 g/mol. The molecule has 1 saturated carbocycles. The Balaban J connectivity index is 1.60. The summed E-state index contributed by atoms with van der Waals surface area (Å²) in [5, 5.41) is 2.93. The fourth-order valence-corrected chi connectivity index (χ4v) is 4.98. The third-order valence-electron chi connectivity index (χ3n) is 6.68. The number of hydrogen-bond acceptors (Lipinski definition) is 7. The number of amides is 1. The topological polar surface area (TPSA) is 112 Å². The quantitative estimate of drug-likeness (QED) is 0.523. The summed E-state index contributed by atoms with van der Waals surface area (Å²) in [5.41, 5.74) is 8.22. The number of methoxy groups -OCH3 is 2. The minimum absolute atomic E-state index is 0.0194. The molecule has 3 N–H and O–H groups in total. The van der Waals surface area contributed by atoms with Crippen LogP contribution >= 0.6 is 0 Å². The van der Waals surface area contributed by atoms with E-state index in [2.05, 4.69) is 27.2 Å². The molecule has 3 aromatic rings. The first-order valence-corrected chi connectivity index (χ1v) is 11.7. The Morgan fingerprint density at radius 2 is 2.03 bits per heavy atom. The molecule has 0 aliphatic heterocycles. The molecule has 1 aromatic carbocycles. The number of nitrogens with two attached hydrogens (primary N) is 1. The second-order valence-corrected chi connectivity index (χ2v) is 8.70. The highest BCUT2D eigenvalue weighted by atomic mass is 19.1. The molecule has 4 unspecified atom stereocenters. The number of hydrogen-bond donors (Lipinski definition) is 2. The van der Waals surface area contributed by atoms with Gasteiger partial charge in [0.15, 0.2) is 5.82 Å². The lowest BCUT2D eigenvalue weighted by Crippen LogP contribution is -2.46. The van der Waals surface area contributed by atoms with E-state index in [0.717, 1.165) is 24.8 Å². The van der Waals surface area contributed by atoms with Crippen molar-refractivity contribution in [1.29, 1.82) is 0 Å². The zero-order valence-corrected chi connectivity index (χ0v) is 20.1. The first kappa shape index (κ1) is 24.7. The van der Waals surface area contributed by atoms with Crippen LogP contribution in [0.15, 0.2) is 48.9 Å². The number of halogens is 1. The fourth-order valence-electron chi connectivity index (χ4n) is 4.98. The lowest BCUT2D eigenvalue weighted by Gasteiger charge is -2.39. The highest BCUT2D eigenvalue weighted by Crippen LogP contribution is 2.40. The lowest BCUT2D eigenvalue weighted by molar-refractivity contribution is 0.00154. The third-order valence-corrected chi connectivity index (χ3v) is 6.68. The van der Waals surface area contributed by atoms with Crippen LogP contribution in [0, 0.1) is 11.7 Å². The molecular formula is C26H30FN5O3. The normalized spacial score (nSPS) is 22.0. The maximum absolute atomic E-state index is 14.5. The molecule has 35 heavy (non-hydrogen) atoms. The Morgan fingerprint density at radius 1 is 1.20 bits per heavy atom. The fraction of sp³-hybridized carbons (Fsp3) is 0.385. The van der Waals surface area contributed by atoms with E-state index in [1.54, 1.807) is 25.6 Å². The van der Waals surface area contributed by atoms with Crippen molar-refractivity contribution in [3.05, 3.63) is 66.0 Å². The van der Waals surface area contributed by atoms with E-state index in [1.165, 1.54) is 31.5 Å². The molecule has 1 fully saturated rings. The average molecular weight is 480 g/mol. The van der Waals surface area contributed by atoms with Crippen LogP contribution < -0.4 is 15.8 Å². The number of pyridine rings is 1. The number of carbonyl (C=O) groups is 1. The number of ether oxygens (including phenoxy) is 2. The van der Waals surface area contributed by atoms with Crippen LogP contribution in [0.1, 0.15) is 48.2 Å². The second-order valence-electron chi connectivity index (χ2n) is 8.70. The smallest absolute Gasteiger partial charge is 0.274 e. The van der Waals surface area contributed by atoms with Gasteiger partial charge < -0.3 is 20.5 Å². The molecule has 9 heteroatoms. The molecule has 4 rings (SSSR count). The highest BCUT2D eigenvalue weighted by molar-refractivity contribution is 6.03. The Hall–Kier alpha value is -3.43. The molecule has 184 valence electrons. The Kier molecular flexibility index (Phi) is 7.67. The summed E-state index contributed by atoms with van der Waals surface area (Å²) in [6, 6.07) is 7.75. The lowest BCUT2D eigenvalue weighted by atomic mass is 9.73. The molecule has 0 spiro atoms. The number of anilines is 1. The van der Waals surface area contributed by atoms with Gasteiger partial charge in [-0.05, 0) is 54.5 Å². The molecular weight excluding hydrogens is 449 g/mol. The van der Waals surface area contributed by atoms with Crippen molar-refractivity contribution >= 4 is 11.6 Å². The van der Waals surface area contributed by atoms with E-state index in [1.807, 2.05) is 6.07 Å². The van der Waals surface area contributed by atoms with Crippen LogP contribution in [0.3, 0.4) is 0 Å². The van der Waals surface area contributed by atoms with Gasteiger partial charge in [-0.2, -0.15) is 0 Å². The van der Waals surface area contributed by atoms with Gasteiger partial charge in [0.05, 0.1) is 30.7 Å². The summed E-state index contributed by atoms with van der Waals surface area (Å²) in [4.78, 5) is 25.8. The SMILES string of the molecule is CCC1CC(c2ccncc2NC(=O)c2ccnc(-c3c(F)cccc3OC)n2)CC(N)C1OC. The van der Waals surface area contributed by atoms with Gasteiger partial charge in [0.2, 0.25) is 0 Å². The minimum Gasteiger partial charge on any atom is -0.496 e. The Bertz CT molecular complexity index is 1190. The Labute approximate surface area is 204 Å². The van der Waals surface area contributed by atoms with Gasteiger partial charge >= 0.3 is 0 Å². The summed E-state index contributed by atoms with van der Waals surface area (Å²) in [5.74, 6) is -0.154. The number of nitrogens with zero attached hydrogens (tertiary/aromatic N) is 3. The van der Waals surface area contributed by atoms with E-state index < -0.39 is 11.7 Å². The number of nitrogens with one attached hydrogen (secondary N) is 1. The van der Waals surface area contributed by atoms with Gasteiger partial charge in [0, 0.05) is 25.5 Å². The van der Waals surface area contributed by atoms with Crippen molar-refractivity contribution in [3.63, 3.8) is 0 Å². The molecule has 2 aromatic heterocycles. The summed E-state index contributed by atoms with van der Waals surface area (Å²) in [6.45, 7) is 2.14. The zero-order chi connectivity index (χ0) is 24.9. The van der Waals surface area contributed by atoms with Crippen molar-refractivity contribution in [1.82, 2.24) is 15.0 Å². The van der Waals surface area contributed by atoms with Crippen molar-refractivity contribution in [2.75, 3.05) is 19.5 Å². The molecule has 0 saturated heterocycles. The van der Waals surface area contributed by atoms with Crippen molar-refractivity contribution in [2.24, 2.45) is 11.7 Å². The molecule has 2 heterocycles. The first-order valence-electron chi connectivity index (χ1n) is 11.7. The van der Waals surface area contributed by atoms with Crippen LogP contribution in [0.4, 0.5) is 10.1 Å². The van der Waals surface area contributed by atoms with Crippen molar-refractivity contribution in [2.45, 2.75) is 44.2 Å². The second kappa shape index (κ2) is 10.9. The largest absolute Gasteiger partial charge is 0.496 e. The molecule has 4 atom stereocenters. The zero-order valence-electron chi connectivity index (χ0n) is 20.1. The van der Waals surface area contributed by atoms with Crippen LogP contribution in [0.2, 0.25) is 0 Å². The average Bonchev–Trinajstić information content (AvgIpc) is 2.88. The number of aromatic nitrogens is 3. The first-order chi connectivity index (χ1) is 17.0. The van der Waals surface area contributed by atoms with E-state index in [9.17, 15) is 9.18 Å². The van der Waals surface area contributed by atoms with Crippen molar-refractivity contribution < 1.29 is 18.7 Å². The summed E-state index contributed by atoms with van der Waals surface area (Å²) < 4.78 is 25.4. The maximum atomic E-state index is 14.5. The third kappa shape index (κ3) is 5.16.